The number of halogens is 2. The molecule has 2 aromatic rings. The van der Waals surface area contributed by atoms with Gasteiger partial charge in [-0.3, -0.25) is 0 Å². The molecule has 0 saturated heterocycles. The van der Waals surface area contributed by atoms with Crippen LogP contribution in [0.1, 0.15) is 12.6 Å². The van der Waals surface area contributed by atoms with Crippen LogP contribution in [0.25, 0.3) is 11.4 Å². The molecule has 0 amide bonds. The van der Waals surface area contributed by atoms with Crippen LogP contribution in [0.3, 0.4) is 0 Å². The quantitative estimate of drug-likeness (QED) is 0.917. The van der Waals surface area contributed by atoms with E-state index < -0.39 is 0 Å². The zero-order valence-corrected chi connectivity index (χ0v) is 11.7. The first-order chi connectivity index (χ1) is 8.61. The number of benzene rings is 1. The highest BCUT2D eigenvalue weighted by Crippen LogP contribution is 2.32. The minimum absolute atomic E-state index is 0.479. The average molecular weight is 282 g/mol. The monoisotopic (exact) mass is 281 g/mol. The fourth-order valence-electron chi connectivity index (χ4n) is 1.64. The Hall–Kier alpha value is -1.32. The molecule has 0 radical (unpaired) electrons. The molecule has 0 saturated carbocycles. The molecule has 1 N–H and O–H groups in total. The Labute approximate surface area is 116 Å². The van der Waals surface area contributed by atoms with E-state index in [9.17, 15) is 0 Å². The van der Waals surface area contributed by atoms with E-state index in [1.165, 1.54) is 0 Å². The highest BCUT2D eigenvalue weighted by Gasteiger charge is 2.10. The maximum Gasteiger partial charge on any atom is 0.163 e. The third kappa shape index (κ3) is 2.74. The third-order valence-corrected chi connectivity index (χ3v) is 3.22. The molecule has 94 valence electrons. The van der Waals surface area contributed by atoms with E-state index in [1.54, 1.807) is 6.07 Å². The molecule has 5 heteroatoms. The lowest BCUT2D eigenvalue weighted by molar-refractivity contribution is 1.08. The van der Waals surface area contributed by atoms with Crippen molar-refractivity contribution in [1.82, 2.24) is 9.97 Å². The van der Waals surface area contributed by atoms with Gasteiger partial charge in [-0.1, -0.05) is 29.3 Å². The molecule has 0 unspecified atom stereocenters. The zero-order valence-electron chi connectivity index (χ0n) is 10.2. The Bertz CT molecular complexity index is 570. The maximum absolute atomic E-state index is 6.18. The number of hydrogen-bond acceptors (Lipinski definition) is 3. The van der Waals surface area contributed by atoms with E-state index in [4.69, 9.17) is 23.2 Å². The van der Waals surface area contributed by atoms with Crippen molar-refractivity contribution in [2.24, 2.45) is 0 Å². The van der Waals surface area contributed by atoms with Crippen LogP contribution in [0.4, 0.5) is 5.82 Å². The third-order valence-electron chi connectivity index (χ3n) is 2.40. The lowest BCUT2D eigenvalue weighted by atomic mass is 10.2. The molecule has 0 aliphatic heterocycles. The van der Waals surface area contributed by atoms with Crippen LogP contribution in [-0.2, 0) is 0 Å². The number of anilines is 1. The van der Waals surface area contributed by atoms with Gasteiger partial charge in [-0.15, -0.1) is 0 Å². The van der Waals surface area contributed by atoms with Gasteiger partial charge >= 0.3 is 0 Å². The molecule has 0 bridgehead atoms. The zero-order chi connectivity index (χ0) is 13.1. The number of aryl methyl sites for hydroxylation is 1. The number of aromatic nitrogens is 2. The predicted molar refractivity (Wildman–Crippen MR) is 76.4 cm³/mol. The summed E-state index contributed by atoms with van der Waals surface area (Å²) in [5.74, 6) is 1.37. The van der Waals surface area contributed by atoms with Gasteiger partial charge in [0.2, 0.25) is 0 Å². The summed E-state index contributed by atoms with van der Waals surface area (Å²) in [6.45, 7) is 4.74. The molecule has 0 aliphatic carbocycles. The minimum atomic E-state index is 0.479. The molecule has 0 fully saturated rings. The number of hydrogen-bond donors (Lipinski definition) is 1. The molecule has 1 heterocycles. The summed E-state index contributed by atoms with van der Waals surface area (Å²) in [6.07, 6.45) is 0. The molecule has 18 heavy (non-hydrogen) atoms. The Morgan fingerprint density at radius 1 is 1.22 bits per heavy atom. The van der Waals surface area contributed by atoms with Crippen LogP contribution >= 0.6 is 23.2 Å². The number of rotatable bonds is 3. The number of nitrogens with one attached hydrogen (secondary N) is 1. The van der Waals surface area contributed by atoms with Gasteiger partial charge in [0.25, 0.3) is 0 Å². The van der Waals surface area contributed by atoms with Gasteiger partial charge in [-0.2, -0.15) is 0 Å². The largest absolute Gasteiger partial charge is 0.370 e. The van der Waals surface area contributed by atoms with Gasteiger partial charge in [-0.05, 0) is 26.0 Å². The van der Waals surface area contributed by atoms with Crippen molar-refractivity contribution in [3.8, 4) is 11.4 Å². The summed E-state index contributed by atoms with van der Waals surface area (Å²) in [7, 11) is 0. The molecule has 1 aromatic carbocycles. The number of nitrogens with zero attached hydrogens (tertiary/aromatic N) is 2. The lowest BCUT2D eigenvalue weighted by Gasteiger charge is -2.08. The van der Waals surface area contributed by atoms with Gasteiger partial charge in [0, 0.05) is 23.9 Å². The first kappa shape index (κ1) is 13.1. The Kier molecular flexibility index (Phi) is 4.04. The minimum Gasteiger partial charge on any atom is -0.370 e. The van der Waals surface area contributed by atoms with Crippen molar-refractivity contribution in [3.05, 3.63) is 40.0 Å². The van der Waals surface area contributed by atoms with E-state index in [1.807, 2.05) is 32.0 Å². The SMILES string of the molecule is CCNc1cc(C)nc(-c2cccc(Cl)c2Cl)n1. The second kappa shape index (κ2) is 5.55. The van der Waals surface area contributed by atoms with Crippen molar-refractivity contribution >= 4 is 29.0 Å². The van der Waals surface area contributed by atoms with Crippen LogP contribution in [0, 0.1) is 6.92 Å². The van der Waals surface area contributed by atoms with Crippen molar-refractivity contribution in [3.63, 3.8) is 0 Å². The van der Waals surface area contributed by atoms with Crippen molar-refractivity contribution in [1.29, 1.82) is 0 Å². The summed E-state index contributed by atoms with van der Waals surface area (Å²) < 4.78 is 0. The topological polar surface area (TPSA) is 37.8 Å². The fraction of sp³-hybridized carbons (Fsp3) is 0.231. The first-order valence-electron chi connectivity index (χ1n) is 5.65. The normalized spacial score (nSPS) is 10.4. The van der Waals surface area contributed by atoms with E-state index in [0.29, 0.717) is 15.9 Å². The highest BCUT2D eigenvalue weighted by molar-refractivity contribution is 6.43. The smallest absolute Gasteiger partial charge is 0.163 e. The molecule has 0 spiro atoms. The van der Waals surface area contributed by atoms with Gasteiger partial charge in [0.05, 0.1) is 10.0 Å². The molecule has 1 aromatic heterocycles. The molecule has 0 aliphatic rings. The van der Waals surface area contributed by atoms with Gasteiger partial charge < -0.3 is 5.32 Å². The van der Waals surface area contributed by atoms with E-state index in [-0.39, 0.29) is 0 Å². The Morgan fingerprint density at radius 2 is 2.00 bits per heavy atom. The summed E-state index contributed by atoms with van der Waals surface area (Å²) in [6, 6.07) is 7.33. The van der Waals surface area contributed by atoms with Gasteiger partial charge in [0.15, 0.2) is 5.82 Å². The lowest BCUT2D eigenvalue weighted by Crippen LogP contribution is -2.02. The molecule has 3 nitrogen and oxygen atoms in total. The second-order valence-electron chi connectivity index (χ2n) is 3.85. The molecule has 2 rings (SSSR count). The van der Waals surface area contributed by atoms with E-state index >= 15 is 0 Å². The molecular formula is C13H13Cl2N3. The van der Waals surface area contributed by atoms with Crippen LogP contribution in [0.5, 0.6) is 0 Å². The summed E-state index contributed by atoms with van der Waals surface area (Å²) >= 11 is 12.2. The van der Waals surface area contributed by atoms with Crippen LogP contribution in [0.15, 0.2) is 24.3 Å². The summed E-state index contributed by atoms with van der Waals surface area (Å²) in [5, 5.41) is 4.15. The standard InChI is InChI=1S/C13H13Cl2N3/c1-3-16-11-7-8(2)17-13(18-11)9-5-4-6-10(14)12(9)15/h4-7H,3H2,1-2H3,(H,16,17,18). The Morgan fingerprint density at radius 3 is 2.72 bits per heavy atom. The van der Waals surface area contributed by atoms with Crippen molar-refractivity contribution in [2.45, 2.75) is 13.8 Å². The molecule has 0 atom stereocenters. The highest BCUT2D eigenvalue weighted by atomic mass is 35.5. The fourth-order valence-corrected chi connectivity index (χ4v) is 2.02. The predicted octanol–water partition coefficient (Wildman–Crippen LogP) is 4.19. The summed E-state index contributed by atoms with van der Waals surface area (Å²) in [5.41, 5.74) is 1.62. The maximum atomic E-state index is 6.18. The summed E-state index contributed by atoms with van der Waals surface area (Å²) in [4.78, 5) is 8.82. The van der Waals surface area contributed by atoms with Gasteiger partial charge in [-0.25, -0.2) is 9.97 Å². The molecular weight excluding hydrogens is 269 g/mol. The van der Waals surface area contributed by atoms with Crippen molar-refractivity contribution in [2.75, 3.05) is 11.9 Å². The van der Waals surface area contributed by atoms with Gasteiger partial charge in [0.1, 0.15) is 5.82 Å². The first-order valence-corrected chi connectivity index (χ1v) is 6.41. The van der Waals surface area contributed by atoms with E-state index in [0.717, 1.165) is 23.6 Å². The van der Waals surface area contributed by atoms with E-state index in [2.05, 4.69) is 15.3 Å². The van der Waals surface area contributed by atoms with Crippen LogP contribution in [-0.4, -0.2) is 16.5 Å². The van der Waals surface area contributed by atoms with Crippen molar-refractivity contribution < 1.29 is 0 Å². The average Bonchev–Trinajstić information content (AvgIpc) is 2.32. The van der Waals surface area contributed by atoms with Crippen LogP contribution in [0.2, 0.25) is 10.0 Å². The van der Waals surface area contributed by atoms with Crippen LogP contribution < -0.4 is 5.32 Å². The second-order valence-corrected chi connectivity index (χ2v) is 4.64. The Balaban J connectivity index is 2.53.